The lowest BCUT2D eigenvalue weighted by atomic mass is 10.1. The summed E-state index contributed by atoms with van der Waals surface area (Å²) in [6, 6.07) is 3.64. The zero-order chi connectivity index (χ0) is 29.0. The number of aromatic nitrogens is 9. The van der Waals surface area contributed by atoms with Gasteiger partial charge in [-0.25, -0.2) is 4.79 Å². The third-order valence-corrected chi connectivity index (χ3v) is 6.31. The van der Waals surface area contributed by atoms with Gasteiger partial charge < -0.3 is 9.40 Å². The molecule has 0 aliphatic carbocycles. The summed E-state index contributed by atoms with van der Waals surface area (Å²) in [7, 11) is 3.58. The van der Waals surface area contributed by atoms with Crippen molar-refractivity contribution in [1.29, 1.82) is 0 Å². The van der Waals surface area contributed by atoms with E-state index in [2.05, 4.69) is 66.9 Å². The predicted octanol–water partition coefficient (Wildman–Crippen LogP) is 4.03. The van der Waals surface area contributed by atoms with Gasteiger partial charge in [-0.15, -0.1) is 0 Å². The highest BCUT2D eigenvalue weighted by molar-refractivity contribution is 5.81. The summed E-state index contributed by atoms with van der Waals surface area (Å²) in [5.74, 6) is 0.483. The summed E-state index contributed by atoms with van der Waals surface area (Å²) in [4.78, 5) is 26.9. The predicted molar refractivity (Wildman–Crippen MR) is 153 cm³/mol. The molecule has 40 heavy (non-hydrogen) atoms. The first-order valence-electron chi connectivity index (χ1n) is 12.8. The Hall–Kier alpha value is -4.74. The summed E-state index contributed by atoms with van der Waals surface area (Å²) < 4.78 is 12.3. The number of aromatic amines is 1. The molecule has 1 N–H and O–H groups in total. The number of pyridine rings is 1. The van der Waals surface area contributed by atoms with Crippen molar-refractivity contribution < 1.29 is 4.42 Å². The number of hydrogen-bond acceptors (Lipinski definition) is 7. The number of rotatable bonds is 2. The molecule has 0 aliphatic rings. The molecule has 0 bridgehead atoms. The third kappa shape index (κ3) is 5.24. The first kappa shape index (κ1) is 26.9. The molecule has 6 aromatic heterocycles. The zero-order valence-electron chi connectivity index (χ0n) is 23.9. The summed E-state index contributed by atoms with van der Waals surface area (Å²) in [5, 5.41) is 18.3. The molecule has 0 radical (unpaired) electrons. The second kappa shape index (κ2) is 9.47. The van der Waals surface area contributed by atoms with Crippen LogP contribution in [0, 0.1) is 0 Å². The average Bonchev–Trinajstić information content (AvgIpc) is 3.63. The van der Waals surface area contributed by atoms with E-state index in [9.17, 15) is 9.59 Å². The van der Waals surface area contributed by atoms with Gasteiger partial charge in [0, 0.05) is 50.5 Å². The van der Waals surface area contributed by atoms with Gasteiger partial charge in [0.15, 0.2) is 0 Å². The topological polar surface area (TPSA) is 134 Å². The molecule has 12 nitrogen and oxygen atoms in total. The van der Waals surface area contributed by atoms with E-state index in [4.69, 9.17) is 4.42 Å². The van der Waals surface area contributed by atoms with Gasteiger partial charge in [-0.05, 0) is 47.6 Å². The van der Waals surface area contributed by atoms with E-state index in [1.54, 1.807) is 54.3 Å². The molecule has 0 aromatic carbocycles. The summed E-state index contributed by atoms with van der Waals surface area (Å²) in [5.41, 5.74) is 2.98. The minimum Gasteiger partial charge on any atom is -0.422 e. The zero-order valence-corrected chi connectivity index (χ0v) is 23.9. The van der Waals surface area contributed by atoms with Crippen LogP contribution in [0.15, 0.2) is 63.3 Å². The number of nitrogens with one attached hydrogen (secondary N) is 1. The molecule has 0 saturated carbocycles. The molecule has 6 aromatic rings. The number of H-pyrrole nitrogens is 1. The van der Waals surface area contributed by atoms with E-state index in [1.165, 1.54) is 0 Å². The average molecular weight is 544 g/mol. The highest BCUT2D eigenvalue weighted by atomic mass is 16.4. The van der Waals surface area contributed by atoms with Crippen molar-refractivity contribution in [3.63, 3.8) is 0 Å². The van der Waals surface area contributed by atoms with Gasteiger partial charge in [0.25, 0.3) is 5.56 Å². The van der Waals surface area contributed by atoms with E-state index in [1.807, 2.05) is 27.8 Å². The first-order valence-corrected chi connectivity index (χ1v) is 12.8. The number of fused-ring (bicyclic) bond motifs is 2. The highest BCUT2D eigenvalue weighted by Crippen LogP contribution is 2.24. The van der Waals surface area contributed by atoms with Crippen LogP contribution in [-0.4, -0.2) is 44.1 Å². The Morgan fingerprint density at radius 2 is 1.25 bits per heavy atom. The van der Waals surface area contributed by atoms with Gasteiger partial charge in [0.2, 0.25) is 0 Å². The van der Waals surface area contributed by atoms with Crippen LogP contribution in [0.5, 0.6) is 0 Å². The Morgan fingerprint density at radius 1 is 0.725 bits per heavy atom. The van der Waals surface area contributed by atoms with Crippen LogP contribution >= 0.6 is 0 Å². The van der Waals surface area contributed by atoms with Crippen molar-refractivity contribution in [2.75, 3.05) is 0 Å². The maximum absolute atomic E-state index is 12.1. The smallest absolute Gasteiger partial charge is 0.347 e. The maximum Gasteiger partial charge on any atom is 0.347 e. The lowest BCUT2D eigenvalue weighted by molar-refractivity contribution is 0.355. The minimum absolute atomic E-state index is 0.0896. The molecule has 6 rings (SSSR count). The lowest BCUT2D eigenvalue weighted by Crippen LogP contribution is -2.21. The van der Waals surface area contributed by atoms with Crippen LogP contribution in [0.25, 0.3) is 44.4 Å². The molecule has 0 unspecified atom stereocenters. The van der Waals surface area contributed by atoms with Gasteiger partial charge in [-0.3, -0.25) is 23.5 Å². The van der Waals surface area contributed by atoms with Gasteiger partial charge in [-0.2, -0.15) is 20.4 Å². The molecule has 0 fully saturated rings. The van der Waals surface area contributed by atoms with Crippen LogP contribution in [0.3, 0.4) is 0 Å². The molecule has 0 spiro atoms. The van der Waals surface area contributed by atoms with Crippen molar-refractivity contribution in [1.82, 2.24) is 44.1 Å². The SMILES string of the molecule is Cn1cc2c(=O)[nH]c(-c3cnn(C(C)(C)C)c3)cc2n1.Cn1cc2c(=O)oc(-c3cnn(C(C)(C)C)c3)cc2n1. The van der Waals surface area contributed by atoms with Crippen molar-refractivity contribution in [3.8, 4) is 22.6 Å². The van der Waals surface area contributed by atoms with Gasteiger partial charge in [0.1, 0.15) is 16.7 Å². The van der Waals surface area contributed by atoms with Crippen LogP contribution in [0.1, 0.15) is 41.5 Å². The first-order chi connectivity index (χ1) is 18.7. The molecule has 0 atom stereocenters. The van der Waals surface area contributed by atoms with E-state index in [0.717, 1.165) is 16.8 Å². The fourth-order valence-electron chi connectivity index (χ4n) is 4.17. The van der Waals surface area contributed by atoms with E-state index < -0.39 is 0 Å². The van der Waals surface area contributed by atoms with Gasteiger partial charge in [-0.1, -0.05) is 0 Å². The molecular formula is C28H33N9O3. The molecule has 6 heterocycles. The molecule has 208 valence electrons. The highest BCUT2D eigenvalue weighted by Gasteiger charge is 2.17. The van der Waals surface area contributed by atoms with Crippen LogP contribution in [0.2, 0.25) is 0 Å². The second-order valence-corrected chi connectivity index (χ2v) is 11.8. The Kier molecular flexibility index (Phi) is 6.36. The van der Waals surface area contributed by atoms with E-state index in [-0.39, 0.29) is 22.3 Å². The van der Waals surface area contributed by atoms with Crippen molar-refractivity contribution in [3.05, 3.63) is 70.1 Å². The molecule has 0 saturated heterocycles. The lowest BCUT2D eigenvalue weighted by Gasteiger charge is -2.18. The van der Waals surface area contributed by atoms with Crippen LogP contribution in [-0.2, 0) is 25.2 Å². The second-order valence-electron chi connectivity index (χ2n) is 11.8. The van der Waals surface area contributed by atoms with E-state index in [0.29, 0.717) is 27.6 Å². The monoisotopic (exact) mass is 543 g/mol. The Labute approximate surface area is 229 Å². The van der Waals surface area contributed by atoms with Gasteiger partial charge >= 0.3 is 5.63 Å². The largest absolute Gasteiger partial charge is 0.422 e. The van der Waals surface area contributed by atoms with E-state index >= 15 is 0 Å². The summed E-state index contributed by atoms with van der Waals surface area (Å²) in [6.45, 7) is 12.4. The standard InChI is InChI=1S/C14H17N5O.C14H16N4O2/c1-14(2,3)19-7-9(6-15-19)11-5-12-10(13(20)16-11)8-18(4)17-12;1-14(2,3)18-7-9(6-15-18)12-5-11-10(13(19)20-12)8-17(4)16-11/h5-8H,1-4H3,(H,16,20);5-8H,1-4H3. The molecule has 12 heteroatoms. The number of aryl methyl sites for hydroxylation is 2. The quantitative estimate of drug-likeness (QED) is 0.348. The van der Waals surface area contributed by atoms with Crippen molar-refractivity contribution in [2.45, 2.75) is 52.6 Å². The minimum atomic E-state index is -0.380. The number of nitrogens with zero attached hydrogens (tertiary/aromatic N) is 8. The Balaban J connectivity index is 0.000000161. The summed E-state index contributed by atoms with van der Waals surface area (Å²) >= 11 is 0. The molecule has 0 aliphatic heterocycles. The number of hydrogen-bond donors (Lipinski definition) is 1. The normalized spacial score (nSPS) is 12.2. The fourth-order valence-corrected chi connectivity index (χ4v) is 4.17. The van der Waals surface area contributed by atoms with Crippen LogP contribution < -0.4 is 11.2 Å². The fraction of sp³-hybridized carbons (Fsp3) is 0.357. The Morgan fingerprint density at radius 3 is 1.82 bits per heavy atom. The van der Waals surface area contributed by atoms with Crippen molar-refractivity contribution in [2.24, 2.45) is 14.1 Å². The summed E-state index contributed by atoms with van der Waals surface area (Å²) in [6.07, 6.45) is 10.6. The molecule has 0 amide bonds. The Bertz CT molecular complexity index is 1810. The van der Waals surface area contributed by atoms with Crippen LogP contribution in [0.4, 0.5) is 0 Å². The van der Waals surface area contributed by atoms with Gasteiger partial charge in [0.05, 0.1) is 45.6 Å². The molecular weight excluding hydrogens is 510 g/mol. The third-order valence-electron chi connectivity index (χ3n) is 6.31. The maximum atomic E-state index is 12.1. The van der Waals surface area contributed by atoms with Crippen molar-refractivity contribution >= 4 is 21.8 Å².